The van der Waals surface area contributed by atoms with E-state index in [4.69, 9.17) is 0 Å². The van der Waals surface area contributed by atoms with Crippen LogP contribution in [0.2, 0.25) is 0 Å². The van der Waals surface area contributed by atoms with Crippen molar-refractivity contribution in [3.8, 4) is 0 Å². The van der Waals surface area contributed by atoms with Crippen LogP contribution in [0.4, 0.5) is 11.5 Å². The van der Waals surface area contributed by atoms with Gasteiger partial charge in [0, 0.05) is 28.9 Å². The first kappa shape index (κ1) is 18.3. The molecule has 2 heterocycles. The van der Waals surface area contributed by atoms with Crippen molar-refractivity contribution in [2.75, 3.05) is 18.4 Å². The van der Waals surface area contributed by atoms with Crippen molar-refractivity contribution in [2.45, 2.75) is 25.7 Å². The Morgan fingerprint density at radius 2 is 1.96 bits per heavy atom. The van der Waals surface area contributed by atoms with E-state index in [0.29, 0.717) is 22.8 Å². The number of aromatic nitrogens is 1. The fourth-order valence-corrected chi connectivity index (χ4v) is 4.75. The van der Waals surface area contributed by atoms with Crippen LogP contribution in [0.25, 0.3) is 0 Å². The SMILES string of the molecule is Cc1cc(S(=O)(=O)NCCNc2ncc([N+](=O)[O-])cc2C)c(C)s1. The normalized spacial score (nSPS) is 11.5. The zero-order chi connectivity index (χ0) is 17.9. The number of hydrogen-bond donors (Lipinski definition) is 2. The van der Waals surface area contributed by atoms with Crippen molar-refractivity contribution in [1.29, 1.82) is 0 Å². The fourth-order valence-electron chi connectivity index (χ4n) is 2.16. The van der Waals surface area contributed by atoms with Gasteiger partial charge in [-0.25, -0.2) is 18.1 Å². The molecular weight excluding hydrogens is 352 g/mol. The molecule has 0 unspecified atom stereocenters. The standard InChI is InChI=1S/C14H18N4O4S2/c1-9-6-12(18(19)20)8-16-14(9)15-4-5-17-24(21,22)13-7-10(2)23-11(13)3/h6-8,17H,4-5H2,1-3H3,(H,15,16). The smallest absolute Gasteiger partial charge is 0.287 e. The molecule has 0 fully saturated rings. The van der Waals surface area contributed by atoms with Crippen LogP contribution in [0.15, 0.2) is 23.2 Å². The number of hydrogen-bond acceptors (Lipinski definition) is 7. The van der Waals surface area contributed by atoms with Crippen molar-refractivity contribution in [3.05, 3.63) is 43.8 Å². The quantitative estimate of drug-likeness (QED) is 0.439. The van der Waals surface area contributed by atoms with Gasteiger partial charge in [0.1, 0.15) is 12.0 Å². The Morgan fingerprint density at radius 1 is 1.25 bits per heavy atom. The zero-order valence-corrected chi connectivity index (χ0v) is 15.1. The molecule has 0 atom stereocenters. The third-order valence-corrected chi connectivity index (χ3v) is 5.95. The number of nitrogens with zero attached hydrogens (tertiary/aromatic N) is 2. The highest BCUT2D eigenvalue weighted by Gasteiger charge is 2.18. The highest BCUT2D eigenvalue weighted by Crippen LogP contribution is 2.24. The van der Waals surface area contributed by atoms with Crippen LogP contribution < -0.4 is 10.0 Å². The lowest BCUT2D eigenvalue weighted by atomic mass is 10.2. The lowest BCUT2D eigenvalue weighted by Gasteiger charge is -2.09. The molecule has 0 aliphatic rings. The molecular formula is C14H18N4O4S2. The van der Waals surface area contributed by atoms with Gasteiger partial charge in [-0.1, -0.05) is 0 Å². The molecule has 2 N–H and O–H groups in total. The Balaban J connectivity index is 1.93. The van der Waals surface area contributed by atoms with Gasteiger partial charge in [-0.2, -0.15) is 0 Å². The lowest BCUT2D eigenvalue weighted by Crippen LogP contribution is -2.29. The van der Waals surface area contributed by atoms with Crippen LogP contribution in [0.3, 0.4) is 0 Å². The molecule has 2 aromatic rings. The minimum absolute atomic E-state index is 0.0814. The first-order valence-corrected chi connectivity index (χ1v) is 9.42. The number of pyridine rings is 1. The maximum Gasteiger partial charge on any atom is 0.287 e. The van der Waals surface area contributed by atoms with Crippen molar-refractivity contribution < 1.29 is 13.3 Å². The van der Waals surface area contributed by atoms with Crippen molar-refractivity contribution in [3.63, 3.8) is 0 Å². The van der Waals surface area contributed by atoms with Crippen molar-refractivity contribution >= 4 is 32.9 Å². The zero-order valence-electron chi connectivity index (χ0n) is 13.5. The minimum atomic E-state index is -3.54. The van der Waals surface area contributed by atoms with E-state index in [1.165, 1.54) is 17.4 Å². The molecule has 10 heteroatoms. The van der Waals surface area contributed by atoms with Gasteiger partial charge in [0.05, 0.1) is 9.82 Å². The molecule has 0 radical (unpaired) electrons. The van der Waals surface area contributed by atoms with Gasteiger partial charge >= 0.3 is 0 Å². The van der Waals surface area contributed by atoms with E-state index in [1.807, 2.05) is 6.92 Å². The molecule has 2 rings (SSSR count). The summed E-state index contributed by atoms with van der Waals surface area (Å²) in [5.41, 5.74) is 0.540. The molecule has 0 bridgehead atoms. The summed E-state index contributed by atoms with van der Waals surface area (Å²) in [6.07, 6.45) is 1.16. The second-order valence-electron chi connectivity index (χ2n) is 5.22. The van der Waals surface area contributed by atoms with Crippen LogP contribution in [0.5, 0.6) is 0 Å². The number of aryl methyl sites for hydroxylation is 3. The van der Waals surface area contributed by atoms with Gasteiger partial charge in [-0.3, -0.25) is 10.1 Å². The van der Waals surface area contributed by atoms with Crippen LogP contribution >= 0.6 is 11.3 Å². The summed E-state index contributed by atoms with van der Waals surface area (Å²) < 4.78 is 27.0. The number of thiophene rings is 1. The summed E-state index contributed by atoms with van der Waals surface area (Å²) in [4.78, 5) is 16.1. The molecule has 0 spiro atoms. The Hall–Kier alpha value is -2.04. The number of rotatable bonds is 7. The Kier molecular flexibility index (Phi) is 5.52. The summed E-state index contributed by atoms with van der Waals surface area (Å²) in [6.45, 7) is 5.82. The number of nitro groups is 1. The van der Waals surface area contributed by atoms with Gasteiger partial charge in [-0.05, 0) is 32.4 Å². The summed E-state index contributed by atoms with van der Waals surface area (Å²) in [5.74, 6) is 0.488. The number of sulfonamides is 1. The van der Waals surface area contributed by atoms with E-state index < -0.39 is 14.9 Å². The Labute approximate surface area is 144 Å². The predicted molar refractivity (Wildman–Crippen MR) is 93.1 cm³/mol. The van der Waals surface area contributed by atoms with Crippen molar-refractivity contribution in [2.24, 2.45) is 0 Å². The maximum atomic E-state index is 12.2. The van der Waals surface area contributed by atoms with Gasteiger partial charge in [0.2, 0.25) is 10.0 Å². The number of nitrogens with one attached hydrogen (secondary N) is 2. The van der Waals surface area contributed by atoms with Gasteiger partial charge in [-0.15, -0.1) is 11.3 Å². The summed E-state index contributed by atoms with van der Waals surface area (Å²) >= 11 is 1.44. The van der Waals surface area contributed by atoms with Crippen LogP contribution in [-0.2, 0) is 10.0 Å². The molecule has 0 aromatic carbocycles. The molecule has 0 saturated heterocycles. The monoisotopic (exact) mass is 370 g/mol. The van der Waals surface area contributed by atoms with Gasteiger partial charge < -0.3 is 5.32 Å². The lowest BCUT2D eigenvalue weighted by molar-refractivity contribution is -0.385. The Morgan fingerprint density at radius 3 is 2.50 bits per heavy atom. The van der Waals surface area contributed by atoms with E-state index >= 15 is 0 Å². The third-order valence-electron chi connectivity index (χ3n) is 3.27. The summed E-state index contributed by atoms with van der Waals surface area (Å²) in [6, 6.07) is 3.06. The van der Waals surface area contributed by atoms with E-state index in [9.17, 15) is 18.5 Å². The fraction of sp³-hybridized carbons (Fsp3) is 0.357. The topological polar surface area (TPSA) is 114 Å². The molecule has 130 valence electrons. The first-order chi connectivity index (χ1) is 11.2. The highest BCUT2D eigenvalue weighted by molar-refractivity contribution is 7.89. The maximum absolute atomic E-state index is 12.2. The summed E-state index contributed by atoms with van der Waals surface area (Å²) in [7, 11) is -3.54. The minimum Gasteiger partial charge on any atom is -0.369 e. The second-order valence-corrected chi connectivity index (χ2v) is 8.41. The molecule has 24 heavy (non-hydrogen) atoms. The molecule has 0 aliphatic heterocycles. The predicted octanol–water partition coefficient (Wildman–Crippen LogP) is 2.37. The Bertz CT molecular complexity index is 862. The van der Waals surface area contributed by atoms with Crippen LogP contribution in [-0.4, -0.2) is 31.4 Å². The average Bonchev–Trinajstić information content (AvgIpc) is 2.84. The van der Waals surface area contributed by atoms with Crippen LogP contribution in [0, 0.1) is 30.9 Å². The van der Waals surface area contributed by atoms with Gasteiger partial charge in [0.25, 0.3) is 5.69 Å². The third kappa shape index (κ3) is 4.28. The first-order valence-electron chi connectivity index (χ1n) is 7.12. The van der Waals surface area contributed by atoms with E-state index in [1.54, 1.807) is 19.9 Å². The molecule has 0 saturated carbocycles. The molecule has 2 aromatic heterocycles. The molecule has 0 amide bonds. The average molecular weight is 370 g/mol. The van der Waals surface area contributed by atoms with E-state index in [2.05, 4.69) is 15.0 Å². The highest BCUT2D eigenvalue weighted by atomic mass is 32.2. The van der Waals surface area contributed by atoms with Crippen LogP contribution in [0.1, 0.15) is 15.3 Å². The molecule has 8 nitrogen and oxygen atoms in total. The second kappa shape index (κ2) is 7.24. The van der Waals surface area contributed by atoms with E-state index in [-0.39, 0.29) is 12.2 Å². The number of anilines is 1. The van der Waals surface area contributed by atoms with E-state index in [0.717, 1.165) is 16.0 Å². The summed E-state index contributed by atoms with van der Waals surface area (Å²) in [5, 5.41) is 13.6. The molecule has 0 aliphatic carbocycles. The van der Waals surface area contributed by atoms with Gasteiger partial charge in [0.15, 0.2) is 0 Å². The van der Waals surface area contributed by atoms with Crippen molar-refractivity contribution in [1.82, 2.24) is 9.71 Å². The largest absolute Gasteiger partial charge is 0.369 e.